The molecule has 1 aromatic heterocycles. The molecular weight excluding hydrogens is 234 g/mol. The van der Waals surface area contributed by atoms with Crippen LogP contribution >= 0.6 is 11.6 Å². The third-order valence-electron chi connectivity index (χ3n) is 2.70. The quantitative estimate of drug-likeness (QED) is 0.903. The van der Waals surface area contributed by atoms with Gasteiger partial charge in [-0.15, -0.1) is 0 Å². The van der Waals surface area contributed by atoms with Crippen LogP contribution in [0.5, 0.6) is 0 Å². The van der Waals surface area contributed by atoms with Gasteiger partial charge in [0, 0.05) is 5.56 Å². The predicted octanol–water partition coefficient (Wildman–Crippen LogP) is 2.60. The van der Waals surface area contributed by atoms with Gasteiger partial charge in [0.05, 0.1) is 11.9 Å². The van der Waals surface area contributed by atoms with E-state index >= 15 is 0 Å². The Morgan fingerprint density at radius 1 is 1.29 bits per heavy atom. The molecule has 0 amide bonds. The Labute approximate surface area is 106 Å². The number of hydrogen-bond donors (Lipinski definition) is 1. The highest BCUT2D eigenvalue weighted by Crippen LogP contribution is 2.20. The van der Waals surface area contributed by atoms with Gasteiger partial charge in [-0.3, -0.25) is 0 Å². The van der Waals surface area contributed by atoms with Gasteiger partial charge >= 0.3 is 0 Å². The maximum absolute atomic E-state index is 6.31. The molecule has 0 saturated carbocycles. The normalized spacial score (nSPS) is 10.8. The fourth-order valence-electron chi connectivity index (χ4n) is 1.66. The Hall–Kier alpha value is -1.32. The molecule has 1 aromatic carbocycles. The zero-order valence-corrected chi connectivity index (χ0v) is 10.8. The van der Waals surface area contributed by atoms with Crippen LogP contribution in [-0.4, -0.2) is 23.4 Å². The van der Waals surface area contributed by atoms with Crippen molar-refractivity contribution in [1.82, 2.24) is 15.1 Å². The van der Waals surface area contributed by atoms with E-state index in [1.54, 1.807) is 4.68 Å². The summed E-state index contributed by atoms with van der Waals surface area (Å²) >= 11 is 6.31. The molecule has 0 fully saturated rings. The standard InChI is InChI=1S/C13H16ClN3/c1-10-3-5-12(6-4-10)17-13(14)11(9-16-17)7-8-15-2/h3-6,9,15H,7-8H2,1-2H3. The molecule has 0 aliphatic heterocycles. The zero-order valence-electron chi connectivity index (χ0n) is 10.1. The topological polar surface area (TPSA) is 29.9 Å². The van der Waals surface area contributed by atoms with Crippen molar-refractivity contribution < 1.29 is 0 Å². The number of benzene rings is 1. The molecule has 2 rings (SSSR count). The highest BCUT2D eigenvalue weighted by atomic mass is 35.5. The summed E-state index contributed by atoms with van der Waals surface area (Å²) in [7, 11) is 1.93. The van der Waals surface area contributed by atoms with Crippen LogP contribution in [0.15, 0.2) is 30.5 Å². The van der Waals surface area contributed by atoms with Crippen molar-refractivity contribution in [2.24, 2.45) is 0 Å². The van der Waals surface area contributed by atoms with Gasteiger partial charge in [-0.1, -0.05) is 29.3 Å². The summed E-state index contributed by atoms with van der Waals surface area (Å²) in [5, 5.41) is 8.13. The molecule has 0 saturated heterocycles. The summed E-state index contributed by atoms with van der Waals surface area (Å²) in [4.78, 5) is 0. The second-order valence-electron chi connectivity index (χ2n) is 4.06. The molecule has 1 N–H and O–H groups in total. The van der Waals surface area contributed by atoms with E-state index < -0.39 is 0 Å². The number of aromatic nitrogens is 2. The van der Waals surface area contributed by atoms with E-state index in [0.717, 1.165) is 24.2 Å². The van der Waals surface area contributed by atoms with Crippen molar-refractivity contribution in [2.75, 3.05) is 13.6 Å². The van der Waals surface area contributed by atoms with Crippen molar-refractivity contribution >= 4 is 11.6 Å². The Morgan fingerprint density at radius 3 is 2.65 bits per heavy atom. The summed E-state index contributed by atoms with van der Waals surface area (Å²) in [6.07, 6.45) is 2.72. The van der Waals surface area contributed by atoms with Crippen molar-refractivity contribution in [3.8, 4) is 5.69 Å². The second-order valence-corrected chi connectivity index (χ2v) is 4.42. The lowest BCUT2D eigenvalue weighted by atomic mass is 10.2. The summed E-state index contributed by atoms with van der Waals surface area (Å²) in [5.41, 5.74) is 3.30. The Morgan fingerprint density at radius 2 is 2.00 bits per heavy atom. The molecule has 4 heteroatoms. The molecule has 0 radical (unpaired) electrons. The van der Waals surface area contributed by atoms with E-state index in [9.17, 15) is 0 Å². The summed E-state index contributed by atoms with van der Waals surface area (Å²) < 4.78 is 1.77. The molecule has 0 atom stereocenters. The lowest BCUT2D eigenvalue weighted by molar-refractivity contribution is 0.791. The van der Waals surface area contributed by atoms with Crippen LogP contribution < -0.4 is 5.32 Å². The molecule has 0 aliphatic rings. The average molecular weight is 250 g/mol. The molecule has 0 aliphatic carbocycles. The first-order valence-corrected chi connectivity index (χ1v) is 6.04. The van der Waals surface area contributed by atoms with E-state index in [2.05, 4.69) is 29.5 Å². The van der Waals surface area contributed by atoms with Crippen molar-refractivity contribution in [3.63, 3.8) is 0 Å². The number of aryl methyl sites for hydroxylation is 1. The predicted molar refractivity (Wildman–Crippen MR) is 70.9 cm³/mol. The van der Waals surface area contributed by atoms with Crippen LogP contribution in [0.25, 0.3) is 5.69 Å². The van der Waals surface area contributed by atoms with E-state index in [1.165, 1.54) is 5.56 Å². The average Bonchev–Trinajstić information content (AvgIpc) is 2.69. The number of hydrogen-bond acceptors (Lipinski definition) is 2. The minimum atomic E-state index is 0.698. The lowest BCUT2D eigenvalue weighted by Gasteiger charge is -2.04. The highest BCUT2D eigenvalue weighted by molar-refractivity contribution is 6.30. The third-order valence-corrected chi connectivity index (χ3v) is 3.11. The van der Waals surface area contributed by atoms with E-state index in [-0.39, 0.29) is 0 Å². The number of nitrogens with one attached hydrogen (secondary N) is 1. The van der Waals surface area contributed by atoms with Crippen LogP contribution in [-0.2, 0) is 6.42 Å². The van der Waals surface area contributed by atoms with Gasteiger partial charge in [-0.05, 0) is 39.1 Å². The Bertz CT molecular complexity index is 488. The first-order chi connectivity index (χ1) is 8.22. The monoisotopic (exact) mass is 249 g/mol. The van der Waals surface area contributed by atoms with Gasteiger partial charge in [-0.25, -0.2) is 4.68 Å². The molecule has 17 heavy (non-hydrogen) atoms. The fourth-order valence-corrected chi connectivity index (χ4v) is 1.95. The van der Waals surface area contributed by atoms with Crippen molar-refractivity contribution in [1.29, 1.82) is 0 Å². The number of rotatable bonds is 4. The largest absolute Gasteiger partial charge is 0.319 e. The van der Waals surface area contributed by atoms with Gasteiger partial charge in [0.25, 0.3) is 0 Å². The molecule has 2 aromatic rings. The van der Waals surface area contributed by atoms with Gasteiger partial charge < -0.3 is 5.32 Å². The maximum Gasteiger partial charge on any atom is 0.136 e. The Balaban J connectivity index is 2.27. The lowest BCUT2D eigenvalue weighted by Crippen LogP contribution is -2.10. The minimum Gasteiger partial charge on any atom is -0.319 e. The molecule has 90 valence electrons. The molecule has 1 heterocycles. The zero-order chi connectivity index (χ0) is 12.3. The minimum absolute atomic E-state index is 0.698. The molecular formula is C13H16ClN3. The number of halogens is 1. The first kappa shape index (κ1) is 12.1. The van der Waals surface area contributed by atoms with E-state index in [4.69, 9.17) is 11.6 Å². The van der Waals surface area contributed by atoms with Gasteiger partial charge in [0.15, 0.2) is 0 Å². The SMILES string of the molecule is CNCCc1cnn(-c2ccc(C)cc2)c1Cl. The molecule has 0 spiro atoms. The van der Waals surface area contributed by atoms with Crippen LogP contribution in [0.3, 0.4) is 0 Å². The van der Waals surface area contributed by atoms with Crippen molar-refractivity contribution in [2.45, 2.75) is 13.3 Å². The van der Waals surface area contributed by atoms with Gasteiger partial charge in [0.1, 0.15) is 5.15 Å². The fraction of sp³-hybridized carbons (Fsp3) is 0.308. The Kier molecular flexibility index (Phi) is 3.82. The summed E-state index contributed by atoms with van der Waals surface area (Å²) in [6, 6.07) is 8.16. The first-order valence-electron chi connectivity index (χ1n) is 5.66. The summed E-state index contributed by atoms with van der Waals surface area (Å²) in [5.74, 6) is 0. The smallest absolute Gasteiger partial charge is 0.136 e. The third kappa shape index (κ3) is 2.68. The van der Waals surface area contributed by atoms with E-state index in [1.807, 2.05) is 25.4 Å². The van der Waals surface area contributed by atoms with Crippen LogP contribution in [0.1, 0.15) is 11.1 Å². The molecule has 0 bridgehead atoms. The summed E-state index contributed by atoms with van der Waals surface area (Å²) in [6.45, 7) is 2.96. The second kappa shape index (κ2) is 5.34. The van der Waals surface area contributed by atoms with Crippen LogP contribution in [0.4, 0.5) is 0 Å². The number of likely N-dealkylation sites (N-methyl/N-ethyl adjacent to an activating group) is 1. The van der Waals surface area contributed by atoms with E-state index in [0.29, 0.717) is 5.15 Å². The molecule has 3 nitrogen and oxygen atoms in total. The number of nitrogens with zero attached hydrogens (tertiary/aromatic N) is 2. The molecule has 0 unspecified atom stereocenters. The highest BCUT2D eigenvalue weighted by Gasteiger charge is 2.09. The maximum atomic E-state index is 6.31. The van der Waals surface area contributed by atoms with Gasteiger partial charge in [-0.2, -0.15) is 5.10 Å². The van der Waals surface area contributed by atoms with Crippen molar-refractivity contribution in [3.05, 3.63) is 46.7 Å². The van der Waals surface area contributed by atoms with Crippen LogP contribution in [0, 0.1) is 6.92 Å². The van der Waals surface area contributed by atoms with Crippen LogP contribution in [0.2, 0.25) is 5.15 Å². The van der Waals surface area contributed by atoms with Gasteiger partial charge in [0.2, 0.25) is 0 Å².